The Hall–Kier alpha value is -3.08. The number of oxazole rings is 1. The van der Waals surface area contributed by atoms with E-state index in [-0.39, 0.29) is 5.91 Å². The molecule has 0 bridgehead atoms. The molecule has 0 aliphatic heterocycles. The van der Waals surface area contributed by atoms with Gasteiger partial charge in [-0.05, 0) is 23.8 Å². The lowest BCUT2D eigenvalue weighted by atomic mass is 10.1. The van der Waals surface area contributed by atoms with E-state index in [2.05, 4.69) is 15.3 Å². The number of anilines is 1. The van der Waals surface area contributed by atoms with Gasteiger partial charge in [-0.15, -0.1) is 0 Å². The Morgan fingerprint density at radius 3 is 3.09 bits per heavy atom. The molecule has 5 heteroatoms. The Morgan fingerprint density at radius 1 is 1.23 bits per heavy atom. The number of hydrogen-bond donors (Lipinski definition) is 2. The third-order valence-electron chi connectivity index (χ3n) is 3.64. The van der Waals surface area contributed by atoms with Crippen molar-refractivity contribution in [1.82, 2.24) is 9.97 Å². The SMILES string of the molecule is O=C(Cc1c[nH]c2ccccc12)Nc1ccc2ncoc2c1. The number of hydrogen-bond acceptors (Lipinski definition) is 3. The summed E-state index contributed by atoms with van der Waals surface area (Å²) in [4.78, 5) is 19.5. The summed E-state index contributed by atoms with van der Waals surface area (Å²) >= 11 is 0. The summed E-state index contributed by atoms with van der Waals surface area (Å²) in [6.45, 7) is 0. The topological polar surface area (TPSA) is 70.9 Å². The lowest BCUT2D eigenvalue weighted by molar-refractivity contribution is -0.115. The van der Waals surface area contributed by atoms with Crippen LogP contribution in [0.3, 0.4) is 0 Å². The van der Waals surface area contributed by atoms with Crippen LogP contribution in [-0.4, -0.2) is 15.9 Å². The monoisotopic (exact) mass is 291 g/mol. The number of amides is 1. The zero-order chi connectivity index (χ0) is 14.9. The van der Waals surface area contributed by atoms with E-state index in [1.165, 1.54) is 6.39 Å². The van der Waals surface area contributed by atoms with Crippen molar-refractivity contribution in [2.45, 2.75) is 6.42 Å². The molecule has 4 aromatic rings. The molecule has 2 N–H and O–H groups in total. The van der Waals surface area contributed by atoms with Crippen LogP contribution in [-0.2, 0) is 11.2 Å². The van der Waals surface area contributed by atoms with Gasteiger partial charge in [0.2, 0.25) is 5.91 Å². The van der Waals surface area contributed by atoms with Gasteiger partial charge in [-0.1, -0.05) is 18.2 Å². The first-order chi connectivity index (χ1) is 10.8. The van der Waals surface area contributed by atoms with Gasteiger partial charge in [0.1, 0.15) is 5.52 Å². The van der Waals surface area contributed by atoms with Gasteiger partial charge in [0.25, 0.3) is 0 Å². The summed E-state index contributed by atoms with van der Waals surface area (Å²) in [5.74, 6) is -0.0661. The van der Waals surface area contributed by atoms with Crippen molar-refractivity contribution in [3.8, 4) is 0 Å². The smallest absolute Gasteiger partial charge is 0.228 e. The van der Waals surface area contributed by atoms with Gasteiger partial charge >= 0.3 is 0 Å². The molecule has 2 heterocycles. The van der Waals surface area contributed by atoms with E-state index >= 15 is 0 Å². The highest BCUT2D eigenvalue weighted by atomic mass is 16.3. The van der Waals surface area contributed by atoms with E-state index in [1.54, 1.807) is 6.07 Å². The standard InChI is InChI=1S/C17H13N3O2/c21-17(7-11-9-18-14-4-2-1-3-13(11)14)20-12-5-6-15-16(8-12)22-10-19-15/h1-6,8-10,18H,7H2,(H,20,21). The molecular weight excluding hydrogens is 278 g/mol. The Kier molecular flexibility index (Phi) is 2.89. The summed E-state index contributed by atoms with van der Waals surface area (Å²) in [5.41, 5.74) is 4.15. The number of para-hydroxylation sites is 1. The van der Waals surface area contributed by atoms with Crippen LogP contribution in [0.2, 0.25) is 0 Å². The summed E-state index contributed by atoms with van der Waals surface area (Å²) in [6.07, 6.45) is 3.59. The van der Waals surface area contributed by atoms with Crippen molar-refractivity contribution in [2.24, 2.45) is 0 Å². The van der Waals surface area contributed by atoms with Crippen LogP contribution >= 0.6 is 0 Å². The molecule has 4 rings (SSSR count). The maximum atomic E-state index is 12.2. The minimum atomic E-state index is -0.0661. The first-order valence-electron chi connectivity index (χ1n) is 6.98. The Balaban J connectivity index is 1.54. The van der Waals surface area contributed by atoms with Gasteiger partial charge in [-0.25, -0.2) is 4.98 Å². The Labute approximate surface area is 126 Å². The fourth-order valence-electron chi connectivity index (χ4n) is 2.59. The zero-order valence-corrected chi connectivity index (χ0v) is 11.7. The summed E-state index contributed by atoms with van der Waals surface area (Å²) in [7, 11) is 0. The Bertz CT molecular complexity index is 968. The fourth-order valence-corrected chi connectivity index (χ4v) is 2.59. The maximum Gasteiger partial charge on any atom is 0.228 e. The second-order valence-corrected chi connectivity index (χ2v) is 5.12. The molecule has 0 saturated heterocycles. The van der Waals surface area contributed by atoms with Gasteiger partial charge in [0, 0.05) is 28.9 Å². The molecule has 0 spiro atoms. The lowest BCUT2D eigenvalue weighted by Crippen LogP contribution is -2.14. The fraction of sp³-hybridized carbons (Fsp3) is 0.0588. The highest BCUT2D eigenvalue weighted by Gasteiger charge is 2.09. The largest absolute Gasteiger partial charge is 0.443 e. The van der Waals surface area contributed by atoms with Crippen LogP contribution in [0, 0.1) is 0 Å². The van der Waals surface area contributed by atoms with Crippen LogP contribution in [0.15, 0.2) is 59.5 Å². The van der Waals surface area contributed by atoms with Crippen molar-refractivity contribution in [3.63, 3.8) is 0 Å². The number of H-pyrrole nitrogens is 1. The van der Waals surface area contributed by atoms with Crippen LogP contribution in [0.1, 0.15) is 5.56 Å². The molecule has 0 atom stereocenters. The van der Waals surface area contributed by atoms with Crippen LogP contribution in [0.4, 0.5) is 5.69 Å². The van der Waals surface area contributed by atoms with Crippen molar-refractivity contribution in [3.05, 3.63) is 60.6 Å². The molecule has 2 aromatic heterocycles. The molecule has 0 unspecified atom stereocenters. The summed E-state index contributed by atoms with van der Waals surface area (Å²) < 4.78 is 5.24. The van der Waals surface area contributed by atoms with Crippen molar-refractivity contribution in [2.75, 3.05) is 5.32 Å². The molecule has 1 amide bonds. The zero-order valence-electron chi connectivity index (χ0n) is 11.7. The molecule has 22 heavy (non-hydrogen) atoms. The molecular formula is C17H13N3O2. The highest BCUT2D eigenvalue weighted by Crippen LogP contribution is 2.20. The van der Waals surface area contributed by atoms with Gasteiger partial charge in [-0.2, -0.15) is 0 Å². The molecule has 0 saturated carbocycles. The van der Waals surface area contributed by atoms with E-state index in [0.717, 1.165) is 22.0 Å². The van der Waals surface area contributed by atoms with E-state index in [1.807, 2.05) is 42.6 Å². The van der Waals surface area contributed by atoms with Crippen molar-refractivity contribution >= 4 is 33.6 Å². The normalized spacial score (nSPS) is 11.1. The number of fused-ring (bicyclic) bond motifs is 2. The number of benzene rings is 2. The molecule has 108 valence electrons. The first-order valence-corrected chi connectivity index (χ1v) is 6.98. The van der Waals surface area contributed by atoms with Gasteiger partial charge in [-0.3, -0.25) is 4.79 Å². The summed E-state index contributed by atoms with van der Waals surface area (Å²) in [6, 6.07) is 13.3. The van der Waals surface area contributed by atoms with Crippen molar-refractivity contribution in [1.29, 1.82) is 0 Å². The average Bonchev–Trinajstić information content (AvgIpc) is 3.14. The van der Waals surface area contributed by atoms with E-state index < -0.39 is 0 Å². The lowest BCUT2D eigenvalue weighted by Gasteiger charge is -2.04. The van der Waals surface area contributed by atoms with Crippen LogP contribution < -0.4 is 5.32 Å². The summed E-state index contributed by atoms with van der Waals surface area (Å²) in [5, 5.41) is 3.96. The number of nitrogens with zero attached hydrogens (tertiary/aromatic N) is 1. The molecule has 0 radical (unpaired) electrons. The third-order valence-corrected chi connectivity index (χ3v) is 3.64. The minimum absolute atomic E-state index is 0.0661. The number of aromatic amines is 1. The van der Waals surface area contributed by atoms with Crippen LogP contribution in [0.25, 0.3) is 22.0 Å². The van der Waals surface area contributed by atoms with E-state index in [4.69, 9.17) is 4.42 Å². The van der Waals surface area contributed by atoms with Gasteiger partial charge in [0.05, 0.1) is 6.42 Å². The van der Waals surface area contributed by atoms with Crippen LogP contribution in [0.5, 0.6) is 0 Å². The number of nitrogens with one attached hydrogen (secondary N) is 2. The number of rotatable bonds is 3. The van der Waals surface area contributed by atoms with E-state index in [9.17, 15) is 4.79 Å². The molecule has 0 aliphatic rings. The quantitative estimate of drug-likeness (QED) is 0.607. The predicted molar refractivity (Wildman–Crippen MR) is 84.6 cm³/mol. The third kappa shape index (κ3) is 2.22. The Morgan fingerprint density at radius 2 is 2.14 bits per heavy atom. The first kappa shape index (κ1) is 12.6. The number of aromatic nitrogens is 2. The molecule has 0 fully saturated rings. The predicted octanol–water partition coefficient (Wildman–Crippen LogP) is 3.49. The number of carbonyl (C=O) groups is 1. The van der Waals surface area contributed by atoms with Crippen molar-refractivity contribution < 1.29 is 9.21 Å². The van der Waals surface area contributed by atoms with E-state index in [0.29, 0.717) is 17.7 Å². The second kappa shape index (κ2) is 5.04. The molecule has 2 aromatic carbocycles. The highest BCUT2D eigenvalue weighted by molar-refractivity contribution is 5.96. The minimum Gasteiger partial charge on any atom is -0.443 e. The van der Waals surface area contributed by atoms with Gasteiger partial charge in [0.15, 0.2) is 12.0 Å². The molecule has 5 nitrogen and oxygen atoms in total. The van der Waals surface area contributed by atoms with Gasteiger partial charge < -0.3 is 14.7 Å². The number of carbonyl (C=O) groups excluding carboxylic acids is 1. The second-order valence-electron chi connectivity index (χ2n) is 5.12. The maximum absolute atomic E-state index is 12.2. The molecule has 0 aliphatic carbocycles. The average molecular weight is 291 g/mol.